The van der Waals surface area contributed by atoms with Crippen LogP contribution >= 0.6 is 0 Å². The van der Waals surface area contributed by atoms with Crippen molar-refractivity contribution in [1.29, 1.82) is 0 Å². The molecule has 0 saturated carbocycles. The Balaban J connectivity index is 1.36. The molecule has 35 heavy (non-hydrogen) atoms. The summed E-state index contributed by atoms with van der Waals surface area (Å²) in [5.74, 6) is 1.14. The Kier molecular flexibility index (Phi) is 7.00. The maximum Gasteiger partial charge on any atom is 0.254 e. The number of carbonyl (C=O) groups excluding carboxylic acids is 1. The average Bonchev–Trinajstić information content (AvgIpc) is 2.93. The summed E-state index contributed by atoms with van der Waals surface area (Å²) < 4.78 is 11.1. The van der Waals surface area contributed by atoms with Gasteiger partial charge in [-0.15, -0.1) is 0 Å². The first kappa shape index (κ1) is 23.4. The van der Waals surface area contributed by atoms with Gasteiger partial charge in [-0.3, -0.25) is 9.78 Å². The molecule has 0 bridgehead atoms. The van der Waals surface area contributed by atoms with Crippen molar-refractivity contribution >= 4 is 11.6 Å². The molecule has 2 aliphatic heterocycles. The fraction of sp³-hybridized carbons (Fsp3) is 0.379. The van der Waals surface area contributed by atoms with Crippen LogP contribution in [0.1, 0.15) is 40.4 Å². The quantitative estimate of drug-likeness (QED) is 0.529. The van der Waals surface area contributed by atoms with Crippen molar-refractivity contribution in [2.24, 2.45) is 0 Å². The van der Waals surface area contributed by atoms with Gasteiger partial charge in [-0.25, -0.2) is 0 Å². The molecule has 2 saturated heterocycles. The molecular formula is C29H33N3O3. The van der Waals surface area contributed by atoms with Gasteiger partial charge in [0.25, 0.3) is 5.91 Å². The number of pyridine rings is 1. The summed E-state index contributed by atoms with van der Waals surface area (Å²) in [5, 5.41) is 0. The lowest BCUT2D eigenvalue weighted by Crippen LogP contribution is -2.40. The molecule has 1 aromatic heterocycles. The third-order valence-corrected chi connectivity index (χ3v) is 7.17. The highest BCUT2D eigenvalue weighted by molar-refractivity contribution is 5.97. The van der Waals surface area contributed by atoms with E-state index in [1.54, 1.807) is 7.11 Å². The second-order valence-corrected chi connectivity index (χ2v) is 9.29. The molecular weight excluding hydrogens is 438 g/mol. The number of methoxy groups -OCH3 is 1. The van der Waals surface area contributed by atoms with Crippen molar-refractivity contribution in [2.75, 3.05) is 51.4 Å². The molecule has 6 nitrogen and oxygen atoms in total. The van der Waals surface area contributed by atoms with E-state index in [0.717, 1.165) is 85.2 Å². The molecule has 6 heteroatoms. The summed E-state index contributed by atoms with van der Waals surface area (Å²) in [6.07, 6.45) is 2.00. The molecule has 5 rings (SSSR count). The molecule has 1 amide bonds. The van der Waals surface area contributed by atoms with Crippen molar-refractivity contribution in [3.63, 3.8) is 0 Å². The van der Waals surface area contributed by atoms with Crippen molar-refractivity contribution in [3.05, 3.63) is 77.5 Å². The lowest BCUT2D eigenvalue weighted by Gasteiger charge is -2.34. The lowest BCUT2D eigenvalue weighted by molar-refractivity contribution is 0.0705. The van der Waals surface area contributed by atoms with Crippen LogP contribution in [0.3, 0.4) is 0 Å². The fourth-order valence-corrected chi connectivity index (χ4v) is 5.26. The van der Waals surface area contributed by atoms with E-state index in [9.17, 15) is 4.79 Å². The first-order chi connectivity index (χ1) is 17.2. The predicted molar refractivity (Wildman–Crippen MR) is 138 cm³/mol. The number of para-hydroxylation sites is 1. The maximum atomic E-state index is 13.7. The van der Waals surface area contributed by atoms with E-state index in [-0.39, 0.29) is 11.8 Å². The largest absolute Gasteiger partial charge is 0.496 e. The number of rotatable bonds is 5. The maximum absolute atomic E-state index is 13.7. The first-order valence-electron chi connectivity index (χ1n) is 12.5. The number of nitrogens with zero attached hydrogens (tertiary/aromatic N) is 3. The highest BCUT2D eigenvalue weighted by Gasteiger charge is 2.28. The summed E-state index contributed by atoms with van der Waals surface area (Å²) in [6.45, 7) is 6.71. The van der Waals surface area contributed by atoms with Gasteiger partial charge in [-0.1, -0.05) is 24.3 Å². The second-order valence-electron chi connectivity index (χ2n) is 9.29. The minimum absolute atomic E-state index is 0.114. The molecule has 0 aliphatic carbocycles. The first-order valence-corrected chi connectivity index (χ1v) is 12.5. The van der Waals surface area contributed by atoms with Crippen LogP contribution < -0.4 is 9.64 Å². The number of benzene rings is 2. The number of anilines is 1. The van der Waals surface area contributed by atoms with Crippen molar-refractivity contribution < 1.29 is 14.3 Å². The number of likely N-dealkylation sites (tertiary alicyclic amines) is 1. The van der Waals surface area contributed by atoms with Crippen LogP contribution in [-0.2, 0) is 4.74 Å². The van der Waals surface area contributed by atoms with E-state index in [4.69, 9.17) is 14.5 Å². The van der Waals surface area contributed by atoms with Crippen molar-refractivity contribution in [1.82, 2.24) is 9.88 Å². The minimum Gasteiger partial charge on any atom is -0.496 e. The van der Waals surface area contributed by atoms with Gasteiger partial charge in [-0.2, -0.15) is 0 Å². The topological polar surface area (TPSA) is 54.9 Å². The monoisotopic (exact) mass is 471 g/mol. The van der Waals surface area contributed by atoms with E-state index in [0.29, 0.717) is 6.54 Å². The Morgan fingerprint density at radius 3 is 2.63 bits per heavy atom. The third-order valence-electron chi connectivity index (χ3n) is 7.17. The molecule has 3 aromatic rings. The number of hydrogen-bond acceptors (Lipinski definition) is 5. The van der Waals surface area contributed by atoms with Gasteiger partial charge in [0.1, 0.15) is 5.75 Å². The molecule has 0 unspecified atom stereocenters. The highest BCUT2D eigenvalue weighted by Crippen LogP contribution is 2.32. The van der Waals surface area contributed by atoms with Gasteiger partial charge >= 0.3 is 0 Å². The Morgan fingerprint density at radius 2 is 1.80 bits per heavy atom. The Hall–Kier alpha value is -3.38. The Morgan fingerprint density at radius 1 is 1.00 bits per heavy atom. The SMILES string of the molecule is COc1ccccc1-c1cccc([C@@H]2CCCN(C(=O)c3cccc(N4CCOCC4)c3C)C2)n1. The Bertz CT molecular complexity index is 1190. The minimum atomic E-state index is 0.114. The van der Waals surface area contributed by atoms with E-state index >= 15 is 0 Å². The van der Waals surface area contributed by atoms with Crippen LogP contribution in [0.2, 0.25) is 0 Å². The van der Waals surface area contributed by atoms with E-state index in [1.165, 1.54) is 0 Å². The smallest absolute Gasteiger partial charge is 0.254 e. The molecule has 2 fully saturated rings. The molecule has 1 atom stereocenters. The van der Waals surface area contributed by atoms with Crippen LogP contribution in [0.4, 0.5) is 5.69 Å². The summed E-state index contributed by atoms with van der Waals surface area (Å²) in [4.78, 5) is 23.0. The van der Waals surface area contributed by atoms with Gasteiger partial charge in [0.2, 0.25) is 0 Å². The number of hydrogen-bond donors (Lipinski definition) is 0. The van der Waals surface area contributed by atoms with Crippen molar-refractivity contribution in [2.45, 2.75) is 25.7 Å². The van der Waals surface area contributed by atoms with Gasteiger partial charge in [0.15, 0.2) is 0 Å². The Labute approximate surface area is 207 Å². The van der Waals surface area contributed by atoms with Gasteiger partial charge in [-0.05, 0) is 61.7 Å². The van der Waals surface area contributed by atoms with Crippen LogP contribution in [-0.4, -0.2) is 62.3 Å². The van der Waals surface area contributed by atoms with E-state index in [2.05, 4.69) is 30.0 Å². The zero-order valence-electron chi connectivity index (χ0n) is 20.6. The molecule has 2 aromatic carbocycles. The predicted octanol–water partition coefficient (Wildman–Crippen LogP) is 4.92. The number of aromatic nitrogens is 1. The highest BCUT2D eigenvalue weighted by atomic mass is 16.5. The molecule has 182 valence electrons. The van der Waals surface area contributed by atoms with Gasteiger partial charge in [0.05, 0.1) is 26.0 Å². The third kappa shape index (κ3) is 4.89. The van der Waals surface area contributed by atoms with E-state index in [1.807, 2.05) is 47.4 Å². The van der Waals surface area contributed by atoms with E-state index < -0.39 is 0 Å². The lowest BCUT2D eigenvalue weighted by atomic mass is 9.93. The number of ether oxygens (including phenoxy) is 2. The normalized spacial score (nSPS) is 18.4. The molecule has 2 aliphatic rings. The average molecular weight is 472 g/mol. The van der Waals surface area contributed by atoms with Gasteiger partial charge < -0.3 is 19.3 Å². The van der Waals surface area contributed by atoms with Crippen molar-refractivity contribution in [3.8, 4) is 17.0 Å². The number of amides is 1. The molecule has 3 heterocycles. The summed E-state index contributed by atoms with van der Waals surface area (Å²) in [5.41, 5.74) is 5.90. The second kappa shape index (κ2) is 10.5. The molecule has 0 radical (unpaired) electrons. The van der Waals surface area contributed by atoms with Crippen LogP contribution in [0.15, 0.2) is 60.7 Å². The summed E-state index contributed by atoms with van der Waals surface area (Å²) >= 11 is 0. The standard InChI is InChI=1S/C29H33N3O3/c1-21-23(10-5-13-27(21)31-16-18-35-19-17-31)29(33)32-15-7-8-22(20-32)25-11-6-12-26(30-25)24-9-3-4-14-28(24)34-2/h3-6,9-14,22H,7-8,15-20H2,1-2H3/t22-/m1/s1. The van der Waals surface area contributed by atoms with Crippen LogP contribution in [0.25, 0.3) is 11.3 Å². The summed E-state index contributed by atoms with van der Waals surface area (Å²) in [6, 6.07) is 20.2. The number of morpholine rings is 1. The summed E-state index contributed by atoms with van der Waals surface area (Å²) in [7, 11) is 1.68. The number of piperidine rings is 1. The fourth-order valence-electron chi connectivity index (χ4n) is 5.26. The van der Waals surface area contributed by atoms with Crippen LogP contribution in [0, 0.1) is 6.92 Å². The molecule has 0 spiro atoms. The van der Waals surface area contributed by atoms with Gasteiger partial charge in [0, 0.05) is 54.6 Å². The van der Waals surface area contributed by atoms with Crippen LogP contribution in [0.5, 0.6) is 5.75 Å². The zero-order chi connectivity index (χ0) is 24.2. The number of carbonyl (C=O) groups is 1. The molecule has 0 N–H and O–H groups in total. The zero-order valence-corrected chi connectivity index (χ0v) is 20.6.